The Hall–Kier alpha value is -1.82. The third kappa shape index (κ3) is 5.59. The molecule has 1 amide bonds. The SMILES string of the molecule is CSc1cccc(NC(=O)CN2CCN(Cc3ccccc3)CC2)c1. The fourth-order valence-corrected chi connectivity index (χ4v) is 3.51. The van der Waals surface area contributed by atoms with E-state index in [0.717, 1.165) is 43.3 Å². The van der Waals surface area contributed by atoms with Crippen molar-refractivity contribution in [3.63, 3.8) is 0 Å². The summed E-state index contributed by atoms with van der Waals surface area (Å²) in [6.45, 7) is 5.33. The molecule has 25 heavy (non-hydrogen) atoms. The molecule has 4 nitrogen and oxygen atoms in total. The number of benzene rings is 2. The summed E-state index contributed by atoms with van der Waals surface area (Å²) in [4.78, 5) is 18.1. The van der Waals surface area contributed by atoms with Gasteiger partial charge in [-0.05, 0) is 30.0 Å². The van der Waals surface area contributed by atoms with Gasteiger partial charge in [0.05, 0.1) is 6.54 Å². The lowest BCUT2D eigenvalue weighted by molar-refractivity contribution is -0.117. The molecule has 0 atom stereocenters. The quantitative estimate of drug-likeness (QED) is 0.808. The van der Waals surface area contributed by atoms with Gasteiger partial charge in [-0.15, -0.1) is 11.8 Å². The molecule has 5 heteroatoms. The summed E-state index contributed by atoms with van der Waals surface area (Å²) in [7, 11) is 0. The number of nitrogens with one attached hydrogen (secondary N) is 1. The van der Waals surface area contributed by atoms with Crippen LogP contribution in [0, 0.1) is 0 Å². The van der Waals surface area contributed by atoms with E-state index < -0.39 is 0 Å². The van der Waals surface area contributed by atoms with Gasteiger partial charge in [-0.1, -0.05) is 36.4 Å². The molecule has 1 aliphatic heterocycles. The van der Waals surface area contributed by atoms with E-state index in [1.165, 1.54) is 5.56 Å². The number of piperazine rings is 1. The first-order valence-corrected chi connectivity index (χ1v) is 9.88. The van der Waals surface area contributed by atoms with Crippen molar-refractivity contribution in [2.75, 3.05) is 44.3 Å². The van der Waals surface area contributed by atoms with E-state index in [-0.39, 0.29) is 5.91 Å². The second-order valence-corrected chi connectivity index (χ2v) is 7.20. The van der Waals surface area contributed by atoms with E-state index in [4.69, 9.17) is 0 Å². The minimum atomic E-state index is 0.0646. The van der Waals surface area contributed by atoms with Crippen LogP contribution in [0.2, 0.25) is 0 Å². The number of carbonyl (C=O) groups excluding carboxylic acids is 1. The molecule has 2 aromatic rings. The van der Waals surface area contributed by atoms with Crippen LogP contribution in [0.3, 0.4) is 0 Å². The molecular formula is C20H25N3OS. The molecule has 0 bridgehead atoms. The lowest BCUT2D eigenvalue weighted by Gasteiger charge is -2.34. The highest BCUT2D eigenvalue weighted by atomic mass is 32.2. The van der Waals surface area contributed by atoms with Gasteiger partial charge in [0.1, 0.15) is 0 Å². The van der Waals surface area contributed by atoms with Crippen LogP contribution in [-0.2, 0) is 11.3 Å². The third-order valence-electron chi connectivity index (χ3n) is 4.43. The van der Waals surface area contributed by atoms with Crippen molar-refractivity contribution in [2.45, 2.75) is 11.4 Å². The van der Waals surface area contributed by atoms with Crippen molar-refractivity contribution in [1.82, 2.24) is 9.80 Å². The van der Waals surface area contributed by atoms with Crippen LogP contribution in [0.5, 0.6) is 0 Å². The largest absolute Gasteiger partial charge is 0.325 e. The third-order valence-corrected chi connectivity index (χ3v) is 5.16. The highest BCUT2D eigenvalue weighted by molar-refractivity contribution is 7.98. The van der Waals surface area contributed by atoms with Crippen LogP contribution in [-0.4, -0.2) is 54.7 Å². The first-order valence-electron chi connectivity index (χ1n) is 8.65. The van der Waals surface area contributed by atoms with Crippen LogP contribution >= 0.6 is 11.8 Å². The van der Waals surface area contributed by atoms with Crippen LogP contribution in [0.15, 0.2) is 59.5 Å². The van der Waals surface area contributed by atoms with Crippen molar-refractivity contribution in [3.05, 3.63) is 60.2 Å². The zero-order chi connectivity index (χ0) is 17.5. The molecule has 1 aliphatic rings. The van der Waals surface area contributed by atoms with E-state index in [1.54, 1.807) is 11.8 Å². The van der Waals surface area contributed by atoms with Gasteiger partial charge in [0.15, 0.2) is 0 Å². The Morgan fingerprint density at radius 1 is 1.00 bits per heavy atom. The lowest BCUT2D eigenvalue weighted by Crippen LogP contribution is -2.48. The molecule has 1 heterocycles. The molecule has 1 saturated heterocycles. The smallest absolute Gasteiger partial charge is 0.238 e. The normalized spacial score (nSPS) is 15.9. The Labute approximate surface area is 154 Å². The average Bonchev–Trinajstić information content (AvgIpc) is 2.64. The molecule has 2 aromatic carbocycles. The maximum atomic E-state index is 12.3. The van der Waals surface area contributed by atoms with Gasteiger partial charge in [0.2, 0.25) is 5.91 Å². The molecule has 1 fully saturated rings. The van der Waals surface area contributed by atoms with Gasteiger partial charge in [0, 0.05) is 43.3 Å². The van der Waals surface area contributed by atoms with Gasteiger partial charge in [-0.3, -0.25) is 14.6 Å². The van der Waals surface area contributed by atoms with Crippen LogP contribution in [0.25, 0.3) is 0 Å². The highest BCUT2D eigenvalue weighted by Gasteiger charge is 2.19. The van der Waals surface area contributed by atoms with Gasteiger partial charge in [-0.25, -0.2) is 0 Å². The predicted octanol–water partition coefficient (Wildman–Crippen LogP) is 3.16. The molecule has 0 saturated carbocycles. The second kappa shape index (κ2) is 9.04. The first kappa shape index (κ1) is 18.0. The predicted molar refractivity (Wildman–Crippen MR) is 105 cm³/mol. The molecule has 0 spiro atoms. The zero-order valence-corrected chi connectivity index (χ0v) is 15.5. The Bertz CT molecular complexity index is 684. The summed E-state index contributed by atoms with van der Waals surface area (Å²) >= 11 is 1.68. The Morgan fingerprint density at radius 3 is 2.44 bits per heavy atom. The van der Waals surface area contributed by atoms with Crippen molar-refractivity contribution >= 4 is 23.4 Å². The summed E-state index contributed by atoms with van der Waals surface area (Å²) in [5.41, 5.74) is 2.22. The maximum absolute atomic E-state index is 12.3. The second-order valence-electron chi connectivity index (χ2n) is 6.32. The molecule has 132 valence electrons. The number of anilines is 1. The number of hydrogen-bond acceptors (Lipinski definition) is 4. The first-order chi connectivity index (χ1) is 12.2. The fourth-order valence-electron chi connectivity index (χ4n) is 3.05. The average molecular weight is 356 g/mol. The van der Waals surface area contributed by atoms with E-state index in [0.29, 0.717) is 6.54 Å². The Kier molecular flexibility index (Phi) is 6.50. The maximum Gasteiger partial charge on any atom is 0.238 e. The van der Waals surface area contributed by atoms with E-state index in [9.17, 15) is 4.79 Å². The highest BCUT2D eigenvalue weighted by Crippen LogP contribution is 2.19. The standard InChI is InChI=1S/C20H25N3OS/c1-25-19-9-5-8-18(14-19)21-20(24)16-23-12-10-22(11-13-23)15-17-6-3-2-4-7-17/h2-9,14H,10-13,15-16H2,1H3,(H,21,24). The number of hydrogen-bond donors (Lipinski definition) is 1. The molecule has 0 aromatic heterocycles. The molecule has 0 aliphatic carbocycles. The van der Waals surface area contributed by atoms with Crippen LogP contribution < -0.4 is 5.32 Å². The van der Waals surface area contributed by atoms with E-state index in [2.05, 4.69) is 45.4 Å². The number of nitrogens with zero attached hydrogens (tertiary/aromatic N) is 2. The van der Waals surface area contributed by atoms with Crippen molar-refractivity contribution in [2.24, 2.45) is 0 Å². The Morgan fingerprint density at radius 2 is 1.72 bits per heavy atom. The molecule has 3 rings (SSSR count). The monoisotopic (exact) mass is 355 g/mol. The topological polar surface area (TPSA) is 35.6 Å². The van der Waals surface area contributed by atoms with Crippen molar-refractivity contribution in [1.29, 1.82) is 0 Å². The summed E-state index contributed by atoms with van der Waals surface area (Å²) < 4.78 is 0. The zero-order valence-electron chi connectivity index (χ0n) is 14.6. The van der Waals surface area contributed by atoms with Gasteiger partial charge < -0.3 is 5.32 Å². The molecule has 1 N–H and O–H groups in total. The molecular weight excluding hydrogens is 330 g/mol. The number of carbonyl (C=O) groups is 1. The van der Waals surface area contributed by atoms with Crippen LogP contribution in [0.1, 0.15) is 5.56 Å². The number of rotatable bonds is 6. The summed E-state index contributed by atoms with van der Waals surface area (Å²) in [6, 6.07) is 18.5. The summed E-state index contributed by atoms with van der Waals surface area (Å²) in [5.74, 6) is 0.0646. The summed E-state index contributed by atoms with van der Waals surface area (Å²) in [6.07, 6.45) is 2.04. The molecule has 0 radical (unpaired) electrons. The number of amides is 1. The van der Waals surface area contributed by atoms with E-state index in [1.807, 2.05) is 30.5 Å². The lowest BCUT2D eigenvalue weighted by atomic mass is 10.2. The fraction of sp³-hybridized carbons (Fsp3) is 0.350. The van der Waals surface area contributed by atoms with Crippen molar-refractivity contribution in [3.8, 4) is 0 Å². The minimum absolute atomic E-state index is 0.0646. The van der Waals surface area contributed by atoms with Crippen LogP contribution in [0.4, 0.5) is 5.69 Å². The van der Waals surface area contributed by atoms with Gasteiger partial charge in [0.25, 0.3) is 0 Å². The number of thioether (sulfide) groups is 1. The molecule has 0 unspecified atom stereocenters. The Balaban J connectivity index is 1.43. The van der Waals surface area contributed by atoms with Gasteiger partial charge >= 0.3 is 0 Å². The van der Waals surface area contributed by atoms with Gasteiger partial charge in [-0.2, -0.15) is 0 Å². The van der Waals surface area contributed by atoms with E-state index >= 15 is 0 Å². The van der Waals surface area contributed by atoms with Crippen molar-refractivity contribution < 1.29 is 4.79 Å². The summed E-state index contributed by atoms with van der Waals surface area (Å²) in [5, 5.41) is 3.01. The minimum Gasteiger partial charge on any atom is -0.325 e.